The lowest BCUT2D eigenvalue weighted by Gasteiger charge is -1.92. The fourth-order valence-corrected chi connectivity index (χ4v) is 0.553. The molecule has 0 radical (unpaired) electrons. The first kappa shape index (κ1) is 8.95. The van der Waals surface area contributed by atoms with Gasteiger partial charge in [0.2, 0.25) is 0 Å². The molecule has 0 rings (SSSR count). The Morgan fingerprint density at radius 1 is 1.60 bits per heavy atom. The van der Waals surface area contributed by atoms with E-state index in [1.807, 2.05) is 13.8 Å². The third kappa shape index (κ3) is 3.07. The highest BCUT2D eigenvalue weighted by molar-refractivity contribution is 5.86. The molecule has 56 valence electrons. The Bertz CT molecular complexity index is 166. The highest BCUT2D eigenvalue weighted by Gasteiger charge is 2.00. The van der Waals surface area contributed by atoms with Gasteiger partial charge < -0.3 is 5.11 Å². The van der Waals surface area contributed by atoms with Gasteiger partial charge in [0.05, 0.1) is 0 Å². The van der Waals surface area contributed by atoms with Crippen LogP contribution < -0.4 is 0 Å². The van der Waals surface area contributed by atoms with Crippen LogP contribution >= 0.6 is 0 Å². The number of carbonyl (C=O) groups is 1. The zero-order chi connectivity index (χ0) is 7.98. The lowest BCUT2D eigenvalue weighted by Crippen LogP contribution is -1.97. The van der Waals surface area contributed by atoms with E-state index in [0.29, 0.717) is 12.0 Å². The Hall–Kier alpha value is -1.05. The number of aliphatic carboxylic acids is 1. The Morgan fingerprint density at radius 2 is 2.20 bits per heavy atom. The molecule has 2 heteroatoms. The molecule has 0 aromatic heterocycles. The van der Waals surface area contributed by atoms with Crippen molar-refractivity contribution in [2.45, 2.75) is 20.3 Å². The first-order valence-corrected chi connectivity index (χ1v) is 3.27. The first-order valence-electron chi connectivity index (χ1n) is 3.27. The fraction of sp³-hybridized carbons (Fsp3) is 0.375. The Morgan fingerprint density at radius 3 is 2.50 bits per heavy atom. The van der Waals surface area contributed by atoms with Crippen LogP contribution in [0.15, 0.2) is 23.8 Å². The number of hydrogen-bond acceptors (Lipinski definition) is 1. The summed E-state index contributed by atoms with van der Waals surface area (Å²) < 4.78 is 0. The minimum atomic E-state index is -0.833. The summed E-state index contributed by atoms with van der Waals surface area (Å²) in [4.78, 5) is 10.3. The van der Waals surface area contributed by atoms with Gasteiger partial charge in [0, 0.05) is 5.57 Å². The van der Waals surface area contributed by atoms with Crippen molar-refractivity contribution in [3.8, 4) is 0 Å². The normalized spacial score (nSPS) is 12.4. The average molecular weight is 140 g/mol. The van der Waals surface area contributed by atoms with Gasteiger partial charge in [-0.1, -0.05) is 25.2 Å². The van der Waals surface area contributed by atoms with Crippen molar-refractivity contribution in [2.75, 3.05) is 0 Å². The van der Waals surface area contributed by atoms with Crippen molar-refractivity contribution in [2.24, 2.45) is 0 Å². The summed E-state index contributed by atoms with van der Waals surface area (Å²) in [5, 5.41) is 8.50. The van der Waals surface area contributed by atoms with Crippen LogP contribution in [0.25, 0.3) is 0 Å². The molecule has 0 unspecified atom stereocenters. The Balaban J connectivity index is 4.18. The molecule has 1 N–H and O–H groups in total. The Kier molecular flexibility index (Phi) is 4.29. The molecule has 0 spiro atoms. The van der Waals surface area contributed by atoms with Gasteiger partial charge in [-0.2, -0.15) is 0 Å². The molecule has 0 saturated heterocycles. The quantitative estimate of drug-likeness (QED) is 0.480. The summed E-state index contributed by atoms with van der Waals surface area (Å²) in [5.74, 6) is -0.833. The molecular formula is C8H12O2. The second kappa shape index (κ2) is 4.79. The van der Waals surface area contributed by atoms with Crippen molar-refractivity contribution in [3.63, 3.8) is 0 Å². The van der Waals surface area contributed by atoms with Crippen molar-refractivity contribution in [3.05, 3.63) is 23.8 Å². The number of carboxylic acid groups (broad SMARTS) is 1. The summed E-state index contributed by atoms with van der Waals surface area (Å²) >= 11 is 0. The van der Waals surface area contributed by atoms with Crippen molar-refractivity contribution in [1.29, 1.82) is 0 Å². The second-order valence-corrected chi connectivity index (χ2v) is 1.88. The number of hydrogen-bond donors (Lipinski definition) is 1. The topological polar surface area (TPSA) is 37.3 Å². The SMILES string of the molecule is CC=CC=C(CC)C(=O)O. The van der Waals surface area contributed by atoms with Gasteiger partial charge in [0.25, 0.3) is 0 Å². The molecule has 10 heavy (non-hydrogen) atoms. The first-order chi connectivity index (χ1) is 4.72. The molecule has 0 bridgehead atoms. The van der Waals surface area contributed by atoms with Crippen molar-refractivity contribution >= 4 is 5.97 Å². The second-order valence-electron chi connectivity index (χ2n) is 1.88. The molecule has 0 aliphatic heterocycles. The largest absolute Gasteiger partial charge is 0.478 e. The third-order valence-corrected chi connectivity index (χ3v) is 1.15. The lowest BCUT2D eigenvalue weighted by atomic mass is 10.2. The summed E-state index contributed by atoms with van der Waals surface area (Å²) in [5.41, 5.74) is 0.443. The third-order valence-electron chi connectivity index (χ3n) is 1.15. The van der Waals surface area contributed by atoms with Crippen LogP contribution in [0.5, 0.6) is 0 Å². The van der Waals surface area contributed by atoms with Crippen LogP contribution in [0, 0.1) is 0 Å². The van der Waals surface area contributed by atoms with Crippen LogP contribution in [-0.2, 0) is 4.79 Å². The molecule has 0 fully saturated rings. The summed E-state index contributed by atoms with van der Waals surface area (Å²) in [6.07, 6.45) is 5.72. The van der Waals surface area contributed by atoms with Gasteiger partial charge in [0.15, 0.2) is 0 Å². The number of allylic oxidation sites excluding steroid dienone is 3. The van der Waals surface area contributed by atoms with Gasteiger partial charge >= 0.3 is 5.97 Å². The maximum atomic E-state index is 10.3. The zero-order valence-electron chi connectivity index (χ0n) is 6.29. The predicted molar refractivity (Wildman–Crippen MR) is 40.8 cm³/mol. The smallest absolute Gasteiger partial charge is 0.331 e. The van der Waals surface area contributed by atoms with Gasteiger partial charge in [-0.25, -0.2) is 4.79 Å². The van der Waals surface area contributed by atoms with Gasteiger partial charge in [-0.3, -0.25) is 0 Å². The standard InChI is InChI=1S/C8H12O2/c1-3-5-6-7(4-2)8(9)10/h3,5-6H,4H2,1-2H3,(H,9,10). The van der Waals surface area contributed by atoms with Crippen molar-refractivity contribution in [1.82, 2.24) is 0 Å². The van der Waals surface area contributed by atoms with E-state index in [-0.39, 0.29) is 0 Å². The molecule has 0 aliphatic rings. The van der Waals surface area contributed by atoms with E-state index in [2.05, 4.69) is 0 Å². The van der Waals surface area contributed by atoms with E-state index < -0.39 is 5.97 Å². The maximum absolute atomic E-state index is 10.3. The molecule has 0 aromatic rings. The van der Waals surface area contributed by atoms with E-state index in [1.54, 1.807) is 18.2 Å². The molecule has 0 amide bonds. The minimum Gasteiger partial charge on any atom is -0.478 e. The van der Waals surface area contributed by atoms with E-state index in [4.69, 9.17) is 5.11 Å². The highest BCUT2D eigenvalue weighted by Crippen LogP contribution is 1.99. The molecule has 0 aromatic carbocycles. The van der Waals surface area contributed by atoms with Crippen molar-refractivity contribution < 1.29 is 9.90 Å². The van der Waals surface area contributed by atoms with Crippen LogP contribution in [0.2, 0.25) is 0 Å². The fourth-order valence-electron chi connectivity index (χ4n) is 0.553. The zero-order valence-corrected chi connectivity index (χ0v) is 6.29. The summed E-state index contributed by atoms with van der Waals surface area (Å²) in [6, 6.07) is 0. The highest BCUT2D eigenvalue weighted by atomic mass is 16.4. The van der Waals surface area contributed by atoms with Gasteiger partial charge in [-0.05, 0) is 13.3 Å². The monoisotopic (exact) mass is 140 g/mol. The maximum Gasteiger partial charge on any atom is 0.331 e. The van der Waals surface area contributed by atoms with Gasteiger partial charge in [0.1, 0.15) is 0 Å². The molecule has 0 atom stereocenters. The van der Waals surface area contributed by atoms with Gasteiger partial charge in [-0.15, -0.1) is 0 Å². The average Bonchev–Trinajstić information content (AvgIpc) is 1.89. The minimum absolute atomic E-state index is 0.443. The summed E-state index contributed by atoms with van der Waals surface area (Å²) in [6.45, 7) is 3.68. The number of rotatable bonds is 3. The van der Waals surface area contributed by atoms with Crippen LogP contribution in [0.4, 0.5) is 0 Å². The molecule has 0 heterocycles. The van der Waals surface area contributed by atoms with Crippen LogP contribution in [0.1, 0.15) is 20.3 Å². The molecule has 0 saturated carbocycles. The molecule has 0 aliphatic carbocycles. The van der Waals surface area contributed by atoms with E-state index in [0.717, 1.165) is 0 Å². The van der Waals surface area contributed by atoms with Crippen LogP contribution in [-0.4, -0.2) is 11.1 Å². The van der Waals surface area contributed by atoms with E-state index in [9.17, 15) is 4.79 Å². The molecular weight excluding hydrogens is 128 g/mol. The van der Waals surface area contributed by atoms with E-state index >= 15 is 0 Å². The van der Waals surface area contributed by atoms with E-state index in [1.165, 1.54) is 0 Å². The lowest BCUT2D eigenvalue weighted by molar-refractivity contribution is -0.132. The molecule has 2 nitrogen and oxygen atoms in total. The summed E-state index contributed by atoms with van der Waals surface area (Å²) in [7, 11) is 0. The Labute approximate surface area is 60.9 Å². The predicted octanol–water partition coefficient (Wildman–Crippen LogP) is 1.98. The number of carboxylic acids is 1. The van der Waals surface area contributed by atoms with Crippen LogP contribution in [0.3, 0.4) is 0 Å².